The average molecular weight is 156 g/mol. The Kier molecular flexibility index (Phi) is 2.76. The number of nitrogens with zero attached hydrogens (tertiary/aromatic N) is 2. The van der Waals surface area contributed by atoms with Crippen LogP contribution in [0.5, 0.6) is 0 Å². The maximum atomic E-state index is 5.36. The van der Waals surface area contributed by atoms with Crippen LogP contribution < -0.4 is 0 Å². The summed E-state index contributed by atoms with van der Waals surface area (Å²) in [7, 11) is 3.93. The molecule has 0 radical (unpaired) electrons. The Balaban J connectivity index is 2.49. The molecular formula is C8H16N2O. The standard InChI is InChI=1S/C8H16N2O/c1-8-9(2)6-4-5-7-11-10(8)3/h1,4-7H2,2-3H3. The van der Waals surface area contributed by atoms with Gasteiger partial charge in [-0.15, -0.1) is 0 Å². The fourth-order valence-electron chi connectivity index (χ4n) is 1.10. The smallest absolute Gasteiger partial charge is 0.121 e. The molecule has 11 heavy (non-hydrogen) atoms. The molecule has 0 aliphatic carbocycles. The SMILES string of the molecule is C=C1N(C)CCCCON1C. The molecule has 0 aromatic heterocycles. The van der Waals surface area contributed by atoms with Crippen LogP contribution in [-0.4, -0.2) is 37.2 Å². The van der Waals surface area contributed by atoms with Crippen molar-refractivity contribution in [1.29, 1.82) is 0 Å². The van der Waals surface area contributed by atoms with Gasteiger partial charge in [-0.25, -0.2) is 5.06 Å². The molecular weight excluding hydrogens is 140 g/mol. The second-order valence-electron chi connectivity index (χ2n) is 2.88. The summed E-state index contributed by atoms with van der Waals surface area (Å²) in [6.07, 6.45) is 2.31. The average Bonchev–Trinajstić information content (AvgIpc) is 2.00. The predicted molar refractivity (Wildman–Crippen MR) is 44.7 cm³/mol. The highest BCUT2D eigenvalue weighted by Gasteiger charge is 2.10. The first-order valence-corrected chi connectivity index (χ1v) is 3.98. The van der Waals surface area contributed by atoms with Gasteiger partial charge in [0.05, 0.1) is 6.61 Å². The third kappa shape index (κ3) is 2.12. The molecule has 0 saturated carbocycles. The topological polar surface area (TPSA) is 15.7 Å². The van der Waals surface area contributed by atoms with Gasteiger partial charge in [0.15, 0.2) is 0 Å². The zero-order chi connectivity index (χ0) is 8.27. The monoisotopic (exact) mass is 156 g/mol. The van der Waals surface area contributed by atoms with E-state index in [9.17, 15) is 0 Å². The van der Waals surface area contributed by atoms with E-state index in [1.54, 1.807) is 5.06 Å². The fourth-order valence-corrected chi connectivity index (χ4v) is 1.10. The Labute approximate surface area is 68.2 Å². The lowest BCUT2D eigenvalue weighted by Gasteiger charge is -2.31. The second kappa shape index (κ2) is 3.62. The molecule has 0 N–H and O–H groups in total. The minimum Gasteiger partial charge on any atom is -0.360 e. The third-order valence-corrected chi connectivity index (χ3v) is 1.98. The molecule has 0 atom stereocenters. The van der Waals surface area contributed by atoms with Gasteiger partial charge in [-0.05, 0) is 12.8 Å². The van der Waals surface area contributed by atoms with Gasteiger partial charge in [0, 0.05) is 20.6 Å². The van der Waals surface area contributed by atoms with Crippen LogP contribution in [0.1, 0.15) is 12.8 Å². The van der Waals surface area contributed by atoms with Gasteiger partial charge in [-0.1, -0.05) is 6.58 Å². The Morgan fingerprint density at radius 1 is 1.36 bits per heavy atom. The van der Waals surface area contributed by atoms with Crippen molar-refractivity contribution in [3.8, 4) is 0 Å². The van der Waals surface area contributed by atoms with Crippen LogP contribution in [0.4, 0.5) is 0 Å². The number of rotatable bonds is 0. The molecule has 0 bridgehead atoms. The molecule has 0 aromatic rings. The van der Waals surface area contributed by atoms with E-state index in [0.717, 1.165) is 25.4 Å². The van der Waals surface area contributed by atoms with E-state index in [0.29, 0.717) is 0 Å². The van der Waals surface area contributed by atoms with E-state index in [-0.39, 0.29) is 0 Å². The van der Waals surface area contributed by atoms with Crippen molar-refractivity contribution < 1.29 is 4.84 Å². The highest BCUT2D eigenvalue weighted by Crippen LogP contribution is 2.09. The van der Waals surface area contributed by atoms with E-state index >= 15 is 0 Å². The van der Waals surface area contributed by atoms with Gasteiger partial charge in [0.1, 0.15) is 5.82 Å². The van der Waals surface area contributed by atoms with Gasteiger partial charge in [-0.2, -0.15) is 0 Å². The molecule has 3 heteroatoms. The number of hydrogen-bond acceptors (Lipinski definition) is 3. The zero-order valence-corrected chi connectivity index (χ0v) is 7.34. The summed E-state index contributed by atoms with van der Waals surface area (Å²) < 4.78 is 0. The van der Waals surface area contributed by atoms with E-state index in [1.807, 2.05) is 14.1 Å². The summed E-state index contributed by atoms with van der Waals surface area (Å²) in [5.74, 6) is 0.935. The zero-order valence-electron chi connectivity index (χ0n) is 7.34. The molecule has 64 valence electrons. The lowest BCUT2D eigenvalue weighted by atomic mass is 10.3. The summed E-state index contributed by atoms with van der Waals surface area (Å²) in [5, 5.41) is 1.74. The van der Waals surface area contributed by atoms with Crippen molar-refractivity contribution in [2.24, 2.45) is 0 Å². The van der Waals surface area contributed by atoms with Crippen molar-refractivity contribution in [3.05, 3.63) is 12.4 Å². The van der Waals surface area contributed by atoms with Crippen LogP contribution in [0.15, 0.2) is 12.4 Å². The van der Waals surface area contributed by atoms with Crippen LogP contribution >= 0.6 is 0 Å². The molecule has 0 aromatic carbocycles. The normalized spacial score (nSPS) is 21.5. The van der Waals surface area contributed by atoms with Gasteiger partial charge in [0.2, 0.25) is 0 Å². The van der Waals surface area contributed by atoms with Gasteiger partial charge >= 0.3 is 0 Å². The molecule has 0 amide bonds. The molecule has 1 aliphatic rings. The summed E-state index contributed by atoms with van der Waals surface area (Å²) in [5.41, 5.74) is 0. The molecule has 1 saturated heterocycles. The minimum absolute atomic E-state index is 0.809. The van der Waals surface area contributed by atoms with Crippen LogP contribution in [0, 0.1) is 0 Å². The molecule has 1 aliphatic heterocycles. The Morgan fingerprint density at radius 2 is 2.09 bits per heavy atom. The largest absolute Gasteiger partial charge is 0.360 e. The molecule has 3 nitrogen and oxygen atoms in total. The van der Waals surface area contributed by atoms with Gasteiger partial charge < -0.3 is 4.90 Å². The van der Waals surface area contributed by atoms with Crippen LogP contribution in [0.25, 0.3) is 0 Å². The Bertz CT molecular complexity index is 133. The summed E-state index contributed by atoms with van der Waals surface area (Å²) in [6, 6.07) is 0. The maximum Gasteiger partial charge on any atom is 0.121 e. The summed E-state index contributed by atoms with van der Waals surface area (Å²) >= 11 is 0. The first-order chi connectivity index (χ1) is 5.22. The van der Waals surface area contributed by atoms with Crippen molar-refractivity contribution >= 4 is 0 Å². The highest BCUT2D eigenvalue weighted by molar-refractivity contribution is 4.87. The fraction of sp³-hybridized carbons (Fsp3) is 0.750. The second-order valence-corrected chi connectivity index (χ2v) is 2.88. The van der Waals surface area contributed by atoms with Crippen molar-refractivity contribution in [2.75, 3.05) is 27.2 Å². The lowest BCUT2D eigenvalue weighted by molar-refractivity contribution is -0.135. The van der Waals surface area contributed by atoms with Crippen LogP contribution in [-0.2, 0) is 4.84 Å². The summed E-state index contributed by atoms with van der Waals surface area (Å²) in [6.45, 7) is 5.79. The molecule has 1 rings (SSSR count). The number of hydrogen-bond donors (Lipinski definition) is 0. The quantitative estimate of drug-likeness (QED) is 0.521. The predicted octanol–water partition coefficient (Wildman–Crippen LogP) is 1.05. The van der Waals surface area contributed by atoms with E-state index < -0.39 is 0 Å². The molecule has 0 unspecified atom stereocenters. The Hall–Kier alpha value is -0.700. The van der Waals surface area contributed by atoms with E-state index in [1.165, 1.54) is 6.42 Å². The molecule has 0 spiro atoms. The number of hydroxylamine groups is 2. The van der Waals surface area contributed by atoms with Crippen LogP contribution in [0.2, 0.25) is 0 Å². The van der Waals surface area contributed by atoms with Gasteiger partial charge in [-0.3, -0.25) is 4.84 Å². The lowest BCUT2D eigenvalue weighted by Crippen LogP contribution is -2.33. The minimum atomic E-state index is 0.809. The van der Waals surface area contributed by atoms with E-state index in [2.05, 4.69) is 11.5 Å². The third-order valence-electron chi connectivity index (χ3n) is 1.98. The highest BCUT2D eigenvalue weighted by atomic mass is 16.7. The van der Waals surface area contributed by atoms with Crippen molar-refractivity contribution in [3.63, 3.8) is 0 Å². The first kappa shape index (κ1) is 8.40. The summed E-state index contributed by atoms with van der Waals surface area (Å²) in [4.78, 5) is 7.47. The van der Waals surface area contributed by atoms with Gasteiger partial charge in [0.25, 0.3) is 0 Å². The van der Waals surface area contributed by atoms with Crippen LogP contribution in [0.3, 0.4) is 0 Å². The van der Waals surface area contributed by atoms with E-state index in [4.69, 9.17) is 4.84 Å². The van der Waals surface area contributed by atoms with Crippen molar-refractivity contribution in [1.82, 2.24) is 9.96 Å². The molecule has 1 fully saturated rings. The van der Waals surface area contributed by atoms with Crippen molar-refractivity contribution in [2.45, 2.75) is 12.8 Å². The first-order valence-electron chi connectivity index (χ1n) is 3.98. The molecule has 1 heterocycles. The Morgan fingerprint density at radius 3 is 2.82 bits per heavy atom. The maximum absolute atomic E-state index is 5.36.